The molecule has 52 heavy (non-hydrogen) atoms. The van der Waals surface area contributed by atoms with Crippen molar-refractivity contribution in [3.05, 3.63) is 76.3 Å². The van der Waals surface area contributed by atoms with Crippen molar-refractivity contribution in [1.82, 2.24) is 0 Å². The number of nitro benzene ring substituents is 1. The van der Waals surface area contributed by atoms with Gasteiger partial charge < -0.3 is 14.4 Å². The predicted octanol–water partition coefficient (Wildman–Crippen LogP) is 12.6. The average molecular weight is 715 g/mol. The van der Waals surface area contributed by atoms with Gasteiger partial charge in [-0.3, -0.25) is 14.9 Å². The first-order chi connectivity index (χ1) is 25.0. The van der Waals surface area contributed by atoms with Crippen molar-refractivity contribution >= 4 is 40.1 Å². The smallest absolute Gasteiger partial charge is 0.309 e. The van der Waals surface area contributed by atoms with Crippen LogP contribution in [0.5, 0.6) is 5.75 Å². The second-order valence-electron chi connectivity index (χ2n) is 14.1. The van der Waals surface area contributed by atoms with Gasteiger partial charge in [0, 0.05) is 30.4 Å². The number of ether oxygens (including phenoxy) is 2. The van der Waals surface area contributed by atoms with Gasteiger partial charge >= 0.3 is 5.97 Å². The molecule has 0 fully saturated rings. The number of esters is 1. The molecule has 0 aliphatic carbocycles. The SMILES string of the molecule is CCCCCCCCCCN(CCOC(=O)C(CC(C)C)C(C)C)c1ccc(N=Nc2cc(C)c(N=Nc3ccc([N+](=O)[O-])cc3)cc2OC)cc1. The minimum Gasteiger partial charge on any atom is -0.494 e. The predicted molar refractivity (Wildman–Crippen MR) is 209 cm³/mol. The van der Waals surface area contributed by atoms with Crippen molar-refractivity contribution in [1.29, 1.82) is 0 Å². The molecule has 1 unspecified atom stereocenters. The van der Waals surface area contributed by atoms with Crippen molar-refractivity contribution in [2.75, 3.05) is 31.7 Å². The molecular weight excluding hydrogens is 656 g/mol. The van der Waals surface area contributed by atoms with Gasteiger partial charge in [0.05, 0.1) is 41.6 Å². The number of carbonyl (C=O) groups is 1. The summed E-state index contributed by atoms with van der Waals surface area (Å²) in [5.41, 5.74) is 4.18. The number of unbranched alkanes of at least 4 members (excludes halogenated alkanes) is 7. The Labute approximate surface area is 310 Å². The highest BCUT2D eigenvalue weighted by Gasteiger charge is 2.25. The Balaban J connectivity index is 1.68. The molecule has 1 atom stereocenters. The molecule has 0 amide bonds. The average Bonchev–Trinajstić information content (AvgIpc) is 3.13. The molecule has 0 radical (unpaired) electrons. The summed E-state index contributed by atoms with van der Waals surface area (Å²) < 4.78 is 11.4. The Hall–Kier alpha value is -4.67. The maximum Gasteiger partial charge on any atom is 0.309 e. The van der Waals surface area contributed by atoms with Crippen LogP contribution < -0.4 is 9.64 Å². The highest BCUT2D eigenvalue weighted by molar-refractivity contribution is 5.72. The Morgan fingerprint density at radius 1 is 0.788 bits per heavy atom. The first kappa shape index (κ1) is 41.7. The highest BCUT2D eigenvalue weighted by atomic mass is 16.6. The summed E-state index contributed by atoms with van der Waals surface area (Å²) in [6.07, 6.45) is 10.8. The van der Waals surface area contributed by atoms with Crippen LogP contribution in [0.4, 0.5) is 34.1 Å². The van der Waals surface area contributed by atoms with Gasteiger partial charge in [-0.1, -0.05) is 79.6 Å². The lowest BCUT2D eigenvalue weighted by Gasteiger charge is -2.26. The lowest BCUT2D eigenvalue weighted by molar-refractivity contribution is -0.384. The number of aryl methyl sites for hydroxylation is 1. The number of hydrogen-bond donors (Lipinski definition) is 0. The second-order valence-corrected chi connectivity index (χ2v) is 14.1. The zero-order chi connectivity index (χ0) is 37.9. The van der Waals surface area contributed by atoms with E-state index in [1.54, 1.807) is 25.3 Å². The number of nitro groups is 1. The molecule has 3 aromatic rings. The number of non-ortho nitro benzene ring substituents is 1. The van der Waals surface area contributed by atoms with Crippen LogP contribution in [-0.2, 0) is 9.53 Å². The Morgan fingerprint density at radius 2 is 1.37 bits per heavy atom. The van der Waals surface area contributed by atoms with Crippen molar-refractivity contribution in [2.24, 2.45) is 38.2 Å². The van der Waals surface area contributed by atoms with E-state index in [2.05, 4.69) is 60.0 Å². The van der Waals surface area contributed by atoms with Crippen LogP contribution in [0, 0.1) is 34.8 Å². The minimum atomic E-state index is -0.455. The van der Waals surface area contributed by atoms with E-state index in [1.807, 2.05) is 37.3 Å². The molecule has 0 saturated carbocycles. The lowest BCUT2D eigenvalue weighted by Crippen LogP contribution is -2.31. The van der Waals surface area contributed by atoms with E-state index in [-0.39, 0.29) is 23.5 Å². The molecule has 0 N–H and O–H groups in total. The zero-order valence-corrected chi connectivity index (χ0v) is 32.2. The minimum absolute atomic E-state index is 0.00715. The molecule has 0 spiro atoms. The van der Waals surface area contributed by atoms with Crippen LogP contribution in [0.25, 0.3) is 0 Å². The van der Waals surface area contributed by atoms with Gasteiger partial charge in [-0.2, -0.15) is 15.3 Å². The molecular formula is C41H58N6O5. The standard InChI is InChI=1S/C41H58N6O5/c1-8-9-10-11-12-13-14-15-24-46(25-26-52-41(48)37(31(4)5)27-30(2)3)35-20-16-33(17-21-35)43-45-39-28-32(6)38(29-40(39)51-7)44-42-34-18-22-36(23-19-34)47(49)50/h16-23,28-31,37H,8-15,24-27H2,1-7H3. The van der Waals surface area contributed by atoms with Crippen LogP contribution in [0.15, 0.2) is 81.1 Å². The molecule has 3 rings (SSSR count). The highest BCUT2D eigenvalue weighted by Crippen LogP contribution is 2.37. The molecule has 0 aliphatic rings. The quantitative estimate of drug-likeness (QED) is 0.0316. The first-order valence-electron chi connectivity index (χ1n) is 18.8. The molecule has 0 bridgehead atoms. The number of benzene rings is 3. The van der Waals surface area contributed by atoms with Crippen LogP contribution in [0.2, 0.25) is 0 Å². The van der Waals surface area contributed by atoms with Crippen molar-refractivity contribution in [3.63, 3.8) is 0 Å². The fraction of sp³-hybridized carbons (Fsp3) is 0.537. The normalized spacial score (nSPS) is 12.2. The van der Waals surface area contributed by atoms with E-state index in [9.17, 15) is 14.9 Å². The van der Waals surface area contributed by atoms with Crippen LogP contribution in [-0.4, -0.2) is 37.7 Å². The third-order valence-electron chi connectivity index (χ3n) is 9.04. The summed E-state index contributed by atoms with van der Waals surface area (Å²) in [5, 5.41) is 28.4. The fourth-order valence-corrected chi connectivity index (χ4v) is 5.92. The van der Waals surface area contributed by atoms with E-state index in [1.165, 1.54) is 57.1 Å². The van der Waals surface area contributed by atoms with Crippen molar-refractivity contribution in [3.8, 4) is 5.75 Å². The zero-order valence-electron chi connectivity index (χ0n) is 32.2. The van der Waals surface area contributed by atoms with Crippen molar-refractivity contribution in [2.45, 2.75) is 99.3 Å². The Morgan fingerprint density at radius 3 is 1.92 bits per heavy atom. The van der Waals surface area contributed by atoms with E-state index in [0.717, 1.165) is 30.6 Å². The topological polar surface area (TPSA) is 131 Å². The maximum atomic E-state index is 13.0. The molecule has 282 valence electrons. The molecule has 11 heteroatoms. The fourth-order valence-electron chi connectivity index (χ4n) is 5.92. The van der Waals surface area contributed by atoms with Crippen LogP contribution >= 0.6 is 0 Å². The first-order valence-corrected chi connectivity index (χ1v) is 18.8. The number of carbonyl (C=O) groups excluding carboxylic acids is 1. The summed E-state index contributed by atoms with van der Waals surface area (Å²) in [5.74, 6) is 0.981. The van der Waals surface area contributed by atoms with Crippen LogP contribution in [0.3, 0.4) is 0 Å². The molecule has 0 saturated heterocycles. The number of hydrogen-bond acceptors (Lipinski definition) is 10. The van der Waals surface area contributed by atoms with Gasteiger partial charge in [-0.05, 0) is 79.6 Å². The third kappa shape index (κ3) is 14.2. The van der Waals surface area contributed by atoms with E-state index < -0.39 is 4.92 Å². The van der Waals surface area contributed by atoms with Gasteiger partial charge in [-0.25, -0.2) is 0 Å². The van der Waals surface area contributed by atoms with Crippen molar-refractivity contribution < 1.29 is 19.2 Å². The Kier molecular flexibility index (Phi) is 17.9. The summed E-state index contributed by atoms with van der Waals surface area (Å²) in [6.45, 7) is 14.5. The molecule has 0 aromatic heterocycles. The lowest BCUT2D eigenvalue weighted by atomic mass is 9.88. The number of anilines is 1. The maximum absolute atomic E-state index is 13.0. The number of azo groups is 2. The van der Waals surface area contributed by atoms with E-state index in [4.69, 9.17) is 9.47 Å². The third-order valence-corrected chi connectivity index (χ3v) is 9.04. The molecule has 0 heterocycles. The number of rotatable bonds is 23. The van der Waals surface area contributed by atoms with Crippen LogP contribution in [0.1, 0.15) is 98.0 Å². The van der Waals surface area contributed by atoms with E-state index >= 15 is 0 Å². The largest absolute Gasteiger partial charge is 0.494 e. The van der Waals surface area contributed by atoms with Gasteiger partial charge in [-0.15, -0.1) is 5.11 Å². The monoisotopic (exact) mass is 714 g/mol. The second kappa shape index (κ2) is 22.3. The Bertz CT molecular complexity index is 1590. The molecule has 0 aliphatic heterocycles. The summed E-state index contributed by atoms with van der Waals surface area (Å²) in [6, 6.07) is 17.4. The van der Waals surface area contributed by atoms with Gasteiger partial charge in [0.2, 0.25) is 0 Å². The molecule has 11 nitrogen and oxygen atoms in total. The van der Waals surface area contributed by atoms with Gasteiger partial charge in [0.1, 0.15) is 18.0 Å². The summed E-state index contributed by atoms with van der Waals surface area (Å²) in [4.78, 5) is 25.8. The van der Waals surface area contributed by atoms with Gasteiger partial charge in [0.15, 0.2) is 0 Å². The summed E-state index contributed by atoms with van der Waals surface area (Å²) >= 11 is 0. The number of methoxy groups -OCH3 is 1. The molecule has 3 aromatic carbocycles. The summed E-state index contributed by atoms with van der Waals surface area (Å²) in [7, 11) is 1.56. The van der Waals surface area contributed by atoms with E-state index in [0.29, 0.717) is 47.6 Å². The van der Waals surface area contributed by atoms with Gasteiger partial charge in [0.25, 0.3) is 5.69 Å². The number of nitrogens with zero attached hydrogens (tertiary/aromatic N) is 6.